The molecule has 0 amide bonds. The number of rotatable bonds is 5. The lowest BCUT2D eigenvalue weighted by molar-refractivity contribution is -0.164. The first-order valence-electron chi connectivity index (χ1n) is 9.90. The van der Waals surface area contributed by atoms with Crippen molar-refractivity contribution in [2.24, 2.45) is 5.41 Å². The Morgan fingerprint density at radius 2 is 1.93 bits per heavy atom. The van der Waals surface area contributed by atoms with Gasteiger partial charge >= 0.3 is 5.97 Å². The predicted molar refractivity (Wildman–Crippen MR) is 103 cm³/mol. The molecule has 0 aromatic carbocycles. The van der Waals surface area contributed by atoms with Crippen LogP contribution in [0.1, 0.15) is 25.7 Å². The van der Waals surface area contributed by atoms with Gasteiger partial charge in [0, 0.05) is 51.1 Å². The zero-order valence-electron chi connectivity index (χ0n) is 16.6. The summed E-state index contributed by atoms with van der Waals surface area (Å²) < 4.78 is 12.1. The fourth-order valence-corrected chi connectivity index (χ4v) is 4.23. The highest BCUT2D eigenvalue weighted by Crippen LogP contribution is 2.34. The molecule has 0 aliphatic carbocycles. The molecule has 2 N–H and O–H groups in total. The molecular formula is C19H27N5O5. The van der Waals surface area contributed by atoms with Crippen LogP contribution in [0.25, 0.3) is 11.2 Å². The number of ether oxygens (including phenoxy) is 2. The van der Waals surface area contributed by atoms with Gasteiger partial charge in [-0.25, -0.2) is 19.7 Å². The molecular weight excluding hydrogens is 378 g/mol. The number of piperidine rings is 1. The molecule has 0 saturated carbocycles. The Hall–Kier alpha value is -2.30. The lowest BCUT2D eigenvalue weighted by atomic mass is 9.81. The molecule has 0 atom stereocenters. The van der Waals surface area contributed by atoms with E-state index in [1.165, 1.54) is 13.4 Å². The molecule has 29 heavy (non-hydrogen) atoms. The van der Waals surface area contributed by atoms with Gasteiger partial charge in [-0.15, -0.1) is 0 Å². The molecule has 4 rings (SSSR count). The van der Waals surface area contributed by atoms with Crippen molar-refractivity contribution in [1.82, 2.24) is 19.5 Å². The Bertz CT molecular complexity index is 871. The van der Waals surface area contributed by atoms with E-state index in [0.717, 1.165) is 12.8 Å². The van der Waals surface area contributed by atoms with Crippen molar-refractivity contribution >= 4 is 23.0 Å². The van der Waals surface area contributed by atoms with E-state index in [9.17, 15) is 15.0 Å². The summed E-state index contributed by atoms with van der Waals surface area (Å²) in [6.45, 7) is 2.91. The Balaban J connectivity index is 1.56. The normalized spacial score (nSPS) is 21.3. The number of aromatic nitrogens is 4. The first-order valence-corrected chi connectivity index (χ1v) is 9.90. The van der Waals surface area contributed by atoms with Crippen molar-refractivity contribution in [1.29, 1.82) is 0 Å². The minimum absolute atomic E-state index is 0.0895. The number of carbonyl (C=O) groups is 1. The van der Waals surface area contributed by atoms with Crippen LogP contribution in [0.2, 0.25) is 0 Å². The maximum absolute atomic E-state index is 11.8. The smallest absolute Gasteiger partial charge is 0.337 e. The SMILES string of the molecule is COC(=O)C1(O)CCN(c2ncnc3c2ncn3CC2(CO)CCOCC2)CC1. The van der Waals surface area contributed by atoms with E-state index in [1.807, 2.05) is 9.47 Å². The summed E-state index contributed by atoms with van der Waals surface area (Å²) in [6.07, 6.45) is 5.36. The molecule has 2 aliphatic heterocycles. The molecule has 0 radical (unpaired) electrons. The fraction of sp³-hybridized carbons (Fsp3) is 0.684. The van der Waals surface area contributed by atoms with Crippen molar-refractivity contribution in [2.45, 2.75) is 37.8 Å². The molecule has 4 heterocycles. The largest absolute Gasteiger partial charge is 0.467 e. The van der Waals surface area contributed by atoms with E-state index >= 15 is 0 Å². The third-order valence-corrected chi connectivity index (χ3v) is 6.23. The quantitative estimate of drug-likeness (QED) is 0.668. The van der Waals surface area contributed by atoms with Gasteiger partial charge in [0.15, 0.2) is 22.6 Å². The summed E-state index contributed by atoms with van der Waals surface area (Å²) >= 11 is 0. The van der Waals surface area contributed by atoms with Crippen molar-refractivity contribution in [2.75, 3.05) is 44.9 Å². The summed E-state index contributed by atoms with van der Waals surface area (Å²) in [5.41, 5.74) is -0.300. The van der Waals surface area contributed by atoms with Crippen LogP contribution in [0.3, 0.4) is 0 Å². The van der Waals surface area contributed by atoms with Gasteiger partial charge in [0.25, 0.3) is 0 Å². The number of anilines is 1. The lowest BCUT2D eigenvalue weighted by Crippen LogP contribution is -2.50. The number of esters is 1. The first kappa shape index (κ1) is 20.0. The highest BCUT2D eigenvalue weighted by atomic mass is 16.5. The van der Waals surface area contributed by atoms with Gasteiger partial charge in [-0.1, -0.05) is 0 Å². The molecule has 0 unspecified atom stereocenters. The van der Waals surface area contributed by atoms with Crippen molar-refractivity contribution in [3.8, 4) is 0 Å². The van der Waals surface area contributed by atoms with E-state index in [1.54, 1.807) is 6.33 Å². The number of fused-ring (bicyclic) bond motifs is 1. The second kappa shape index (κ2) is 7.85. The van der Waals surface area contributed by atoms with Crippen LogP contribution in [-0.4, -0.2) is 81.3 Å². The highest BCUT2D eigenvalue weighted by Gasteiger charge is 2.41. The molecule has 0 spiro atoms. The number of imidazole rings is 1. The number of hydrogen-bond donors (Lipinski definition) is 2. The number of methoxy groups -OCH3 is 1. The van der Waals surface area contributed by atoms with E-state index in [2.05, 4.69) is 15.0 Å². The summed E-state index contributed by atoms with van der Waals surface area (Å²) in [4.78, 5) is 27.2. The van der Waals surface area contributed by atoms with Crippen LogP contribution in [0, 0.1) is 5.41 Å². The minimum atomic E-state index is -1.45. The summed E-state index contributed by atoms with van der Waals surface area (Å²) in [5.74, 6) is 0.0886. The van der Waals surface area contributed by atoms with Gasteiger partial charge in [0.2, 0.25) is 0 Å². The van der Waals surface area contributed by atoms with Crippen LogP contribution >= 0.6 is 0 Å². The summed E-state index contributed by atoms with van der Waals surface area (Å²) in [7, 11) is 1.28. The Kier molecular flexibility index (Phi) is 5.41. The van der Waals surface area contributed by atoms with E-state index < -0.39 is 11.6 Å². The summed E-state index contributed by atoms with van der Waals surface area (Å²) in [6, 6.07) is 0. The third-order valence-electron chi connectivity index (χ3n) is 6.23. The molecule has 2 aromatic heterocycles. The number of hydrogen-bond acceptors (Lipinski definition) is 9. The first-order chi connectivity index (χ1) is 14.0. The highest BCUT2D eigenvalue weighted by molar-refractivity contribution is 5.84. The van der Waals surface area contributed by atoms with Crippen LogP contribution in [0.4, 0.5) is 5.82 Å². The van der Waals surface area contributed by atoms with Crippen LogP contribution in [0.5, 0.6) is 0 Å². The van der Waals surface area contributed by atoms with E-state index in [-0.39, 0.29) is 24.9 Å². The minimum Gasteiger partial charge on any atom is -0.467 e. The molecule has 0 bridgehead atoms. The molecule has 2 aromatic rings. The average Bonchev–Trinajstić information content (AvgIpc) is 3.17. The molecule has 10 heteroatoms. The summed E-state index contributed by atoms with van der Waals surface area (Å²) in [5, 5.41) is 20.5. The Labute approximate surface area is 168 Å². The third kappa shape index (κ3) is 3.67. The zero-order valence-corrected chi connectivity index (χ0v) is 16.6. The zero-order chi connectivity index (χ0) is 20.5. The Morgan fingerprint density at radius 3 is 2.59 bits per heavy atom. The van der Waals surface area contributed by atoms with Gasteiger partial charge in [-0.2, -0.15) is 0 Å². The van der Waals surface area contributed by atoms with Crippen LogP contribution in [-0.2, 0) is 20.8 Å². The number of aliphatic hydroxyl groups is 2. The standard InChI is InChI=1S/C19H27N5O5/c1-28-17(26)19(27)2-6-23(7-3-19)15-14-16(21-12-20-15)24(13-22-14)10-18(11-25)4-8-29-9-5-18/h12-13,25,27H,2-11H2,1H3. The number of nitrogens with zero attached hydrogens (tertiary/aromatic N) is 5. The van der Waals surface area contributed by atoms with E-state index in [0.29, 0.717) is 49.8 Å². The van der Waals surface area contributed by atoms with Crippen molar-refractivity contribution in [3.63, 3.8) is 0 Å². The molecule has 2 fully saturated rings. The average molecular weight is 405 g/mol. The molecule has 158 valence electrons. The fourth-order valence-electron chi connectivity index (χ4n) is 4.23. The van der Waals surface area contributed by atoms with Gasteiger partial charge in [0.05, 0.1) is 20.0 Å². The number of carbonyl (C=O) groups excluding carboxylic acids is 1. The van der Waals surface area contributed by atoms with Crippen LogP contribution < -0.4 is 4.90 Å². The predicted octanol–water partition coefficient (Wildman–Crippen LogP) is 0.120. The van der Waals surface area contributed by atoms with Crippen molar-refractivity contribution in [3.05, 3.63) is 12.7 Å². The van der Waals surface area contributed by atoms with Gasteiger partial charge in [-0.05, 0) is 12.8 Å². The van der Waals surface area contributed by atoms with Gasteiger partial charge in [0.1, 0.15) is 6.33 Å². The van der Waals surface area contributed by atoms with E-state index in [4.69, 9.17) is 9.47 Å². The molecule has 2 aliphatic rings. The second-order valence-corrected chi connectivity index (χ2v) is 8.02. The monoisotopic (exact) mass is 405 g/mol. The second-order valence-electron chi connectivity index (χ2n) is 8.02. The van der Waals surface area contributed by atoms with Gasteiger partial charge < -0.3 is 29.2 Å². The molecule has 10 nitrogen and oxygen atoms in total. The number of aliphatic hydroxyl groups excluding tert-OH is 1. The topological polar surface area (TPSA) is 123 Å². The Morgan fingerprint density at radius 1 is 1.21 bits per heavy atom. The van der Waals surface area contributed by atoms with Crippen LogP contribution in [0.15, 0.2) is 12.7 Å². The maximum Gasteiger partial charge on any atom is 0.337 e. The van der Waals surface area contributed by atoms with Gasteiger partial charge in [-0.3, -0.25) is 0 Å². The maximum atomic E-state index is 11.8. The molecule has 2 saturated heterocycles. The lowest BCUT2D eigenvalue weighted by Gasteiger charge is -2.36. The van der Waals surface area contributed by atoms with Crippen molar-refractivity contribution < 1.29 is 24.5 Å².